The van der Waals surface area contributed by atoms with Crippen LogP contribution < -0.4 is 10.2 Å². The molecule has 8 nitrogen and oxygen atoms in total. The molecule has 0 spiro atoms. The summed E-state index contributed by atoms with van der Waals surface area (Å²) in [5, 5.41) is 19.7. The topological polar surface area (TPSA) is 93.0 Å². The molecule has 3 heterocycles. The molecule has 1 atom stereocenters. The average Bonchev–Trinajstić information content (AvgIpc) is 3.70. The van der Waals surface area contributed by atoms with Gasteiger partial charge in [0.2, 0.25) is 11.7 Å². The molecule has 4 aromatic rings. The Kier molecular flexibility index (Phi) is 7.52. The van der Waals surface area contributed by atoms with Crippen molar-refractivity contribution >= 4 is 40.2 Å². The van der Waals surface area contributed by atoms with Crippen molar-refractivity contribution in [2.45, 2.75) is 57.7 Å². The van der Waals surface area contributed by atoms with Gasteiger partial charge in [0.25, 0.3) is 5.91 Å². The summed E-state index contributed by atoms with van der Waals surface area (Å²) < 4.78 is 0. The van der Waals surface area contributed by atoms with Crippen LogP contribution in [0.5, 0.6) is 0 Å². The average molecular weight is 521 g/mol. The molecule has 3 aromatic heterocycles. The lowest BCUT2D eigenvalue weighted by molar-refractivity contribution is -0.127. The predicted molar refractivity (Wildman–Crippen MR) is 142 cm³/mol. The molecule has 0 radical (unpaired) electrons. The highest BCUT2D eigenvalue weighted by molar-refractivity contribution is 7.13. The molecule has 1 aromatic carbocycles. The SMILES string of the molecule is CCc1ccc(N(C(=O)Cn2nnc(-c3cccs3)n2)[C@@H](C(=O)NC2CCCC2)c2cccs2)cc1. The highest BCUT2D eigenvalue weighted by Crippen LogP contribution is 2.32. The summed E-state index contributed by atoms with van der Waals surface area (Å²) in [7, 11) is 0. The van der Waals surface area contributed by atoms with Gasteiger partial charge in [0.1, 0.15) is 12.6 Å². The van der Waals surface area contributed by atoms with E-state index in [1.807, 2.05) is 59.3 Å². The number of carbonyl (C=O) groups is 2. The molecule has 1 aliphatic carbocycles. The summed E-state index contributed by atoms with van der Waals surface area (Å²) in [6.07, 6.45) is 5.05. The lowest BCUT2D eigenvalue weighted by atomic mass is 10.1. The van der Waals surface area contributed by atoms with Crippen molar-refractivity contribution < 1.29 is 9.59 Å². The van der Waals surface area contributed by atoms with Crippen molar-refractivity contribution in [2.75, 3.05) is 4.90 Å². The van der Waals surface area contributed by atoms with Crippen LogP contribution in [0, 0.1) is 0 Å². The highest BCUT2D eigenvalue weighted by Gasteiger charge is 2.35. The molecule has 1 saturated carbocycles. The van der Waals surface area contributed by atoms with E-state index in [-0.39, 0.29) is 24.4 Å². The summed E-state index contributed by atoms with van der Waals surface area (Å²) in [6, 6.07) is 14.8. The Morgan fingerprint density at radius 2 is 1.83 bits per heavy atom. The van der Waals surface area contributed by atoms with Gasteiger partial charge in [-0.2, -0.15) is 4.80 Å². The van der Waals surface area contributed by atoms with Crippen LogP contribution in [-0.2, 0) is 22.6 Å². The number of aryl methyl sites for hydroxylation is 1. The van der Waals surface area contributed by atoms with E-state index in [1.54, 1.807) is 4.90 Å². The Labute approximate surface area is 218 Å². The molecule has 36 heavy (non-hydrogen) atoms. The number of nitrogens with one attached hydrogen (secondary N) is 1. The number of amides is 2. The largest absolute Gasteiger partial charge is 0.351 e. The molecule has 5 rings (SSSR count). The van der Waals surface area contributed by atoms with E-state index in [0.717, 1.165) is 47.4 Å². The second-order valence-electron chi connectivity index (χ2n) is 8.81. The molecule has 186 valence electrons. The number of anilines is 1. The van der Waals surface area contributed by atoms with E-state index in [0.29, 0.717) is 11.5 Å². The molecule has 1 aliphatic rings. The van der Waals surface area contributed by atoms with Gasteiger partial charge in [0.05, 0.1) is 4.88 Å². The monoisotopic (exact) mass is 520 g/mol. The number of hydrogen-bond acceptors (Lipinski definition) is 7. The Bertz CT molecular complexity index is 1280. The fraction of sp³-hybridized carbons (Fsp3) is 0.346. The lowest BCUT2D eigenvalue weighted by Crippen LogP contribution is -2.47. The number of carbonyl (C=O) groups excluding carboxylic acids is 2. The minimum Gasteiger partial charge on any atom is -0.351 e. The van der Waals surface area contributed by atoms with Gasteiger partial charge < -0.3 is 5.32 Å². The van der Waals surface area contributed by atoms with Crippen LogP contribution in [0.25, 0.3) is 10.7 Å². The maximum absolute atomic E-state index is 13.9. The zero-order chi connectivity index (χ0) is 24.9. The van der Waals surface area contributed by atoms with E-state index in [9.17, 15) is 9.59 Å². The van der Waals surface area contributed by atoms with Crippen LogP contribution >= 0.6 is 22.7 Å². The van der Waals surface area contributed by atoms with Crippen LogP contribution in [0.1, 0.15) is 49.1 Å². The zero-order valence-electron chi connectivity index (χ0n) is 20.0. The van der Waals surface area contributed by atoms with E-state index in [4.69, 9.17) is 0 Å². The summed E-state index contributed by atoms with van der Waals surface area (Å²) in [6.45, 7) is 1.95. The van der Waals surface area contributed by atoms with Gasteiger partial charge in [-0.05, 0) is 65.1 Å². The Morgan fingerprint density at radius 3 is 2.50 bits per heavy atom. The van der Waals surface area contributed by atoms with Crippen LogP contribution in [0.2, 0.25) is 0 Å². The first kappa shape index (κ1) is 24.3. The summed E-state index contributed by atoms with van der Waals surface area (Å²) in [5.41, 5.74) is 1.82. The minimum atomic E-state index is -0.786. The fourth-order valence-electron chi connectivity index (χ4n) is 4.51. The number of benzene rings is 1. The van der Waals surface area contributed by atoms with Crippen LogP contribution in [0.4, 0.5) is 5.69 Å². The standard InChI is InChI=1S/C26H28N6O2S2/c1-2-18-11-13-20(14-12-18)32(23(33)17-31-29-25(28-30-31)22-10-6-16-36-22)24(21-9-5-15-35-21)26(34)27-19-7-3-4-8-19/h5-6,9-16,19,24H,2-4,7-8,17H2,1H3,(H,27,34)/t24-/m1/s1. The third-order valence-electron chi connectivity index (χ3n) is 6.38. The van der Waals surface area contributed by atoms with Gasteiger partial charge in [-0.25, -0.2) is 0 Å². The Hall–Kier alpha value is -3.37. The summed E-state index contributed by atoms with van der Waals surface area (Å²) in [5.74, 6) is 0.0304. The first-order valence-electron chi connectivity index (χ1n) is 12.2. The van der Waals surface area contributed by atoms with Gasteiger partial charge >= 0.3 is 0 Å². The molecule has 0 aliphatic heterocycles. The molecular formula is C26H28N6O2S2. The maximum Gasteiger partial charge on any atom is 0.251 e. The molecular weight excluding hydrogens is 492 g/mol. The van der Waals surface area contributed by atoms with E-state index in [1.165, 1.54) is 27.5 Å². The van der Waals surface area contributed by atoms with E-state index < -0.39 is 6.04 Å². The Balaban J connectivity index is 1.48. The smallest absolute Gasteiger partial charge is 0.251 e. The first-order chi connectivity index (χ1) is 17.6. The van der Waals surface area contributed by atoms with E-state index >= 15 is 0 Å². The van der Waals surface area contributed by atoms with Crippen LogP contribution in [0.15, 0.2) is 59.3 Å². The maximum atomic E-state index is 13.9. The molecule has 1 fully saturated rings. The Morgan fingerprint density at radius 1 is 1.08 bits per heavy atom. The fourth-order valence-corrected chi connectivity index (χ4v) is 5.97. The first-order valence-corrected chi connectivity index (χ1v) is 13.9. The van der Waals surface area contributed by atoms with Gasteiger partial charge in [-0.15, -0.1) is 32.9 Å². The molecule has 10 heteroatoms. The number of thiophene rings is 2. The number of aromatic nitrogens is 4. The van der Waals surface area contributed by atoms with Crippen molar-refractivity contribution in [2.24, 2.45) is 0 Å². The molecule has 1 N–H and O–H groups in total. The van der Waals surface area contributed by atoms with Crippen molar-refractivity contribution in [3.8, 4) is 10.7 Å². The number of rotatable bonds is 9. The second-order valence-corrected chi connectivity index (χ2v) is 10.7. The zero-order valence-corrected chi connectivity index (χ0v) is 21.7. The van der Waals surface area contributed by atoms with Gasteiger partial charge in [0, 0.05) is 16.6 Å². The van der Waals surface area contributed by atoms with Crippen molar-refractivity contribution in [3.05, 3.63) is 69.7 Å². The molecule has 0 unspecified atom stereocenters. The van der Waals surface area contributed by atoms with Gasteiger partial charge in [-0.3, -0.25) is 14.5 Å². The van der Waals surface area contributed by atoms with Crippen LogP contribution in [0.3, 0.4) is 0 Å². The van der Waals surface area contributed by atoms with Crippen LogP contribution in [-0.4, -0.2) is 38.1 Å². The summed E-state index contributed by atoms with van der Waals surface area (Å²) >= 11 is 2.98. The highest BCUT2D eigenvalue weighted by atomic mass is 32.1. The van der Waals surface area contributed by atoms with Crippen molar-refractivity contribution in [1.82, 2.24) is 25.5 Å². The van der Waals surface area contributed by atoms with Gasteiger partial charge in [0.15, 0.2) is 0 Å². The predicted octanol–water partition coefficient (Wildman–Crippen LogP) is 4.86. The van der Waals surface area contributed by atoms with E-state index in [2.05, 4.69) is 27.7 Å². The third kappa shape index (κ3) is 5.39. The minimum absolute atomic E-state index is 0.132. The summed E-state index contributed by atoms with van der Waals surface area (Å²) in [4.78, 5) is 32.1. The normalized spacial score (nSPS) is 14.6. The molecule has 0 saturated heterocycles. The molecule has 0 bridgehead atoms. The second kappa shape index (κ2) is 11.1. The van der Waals surface area contributed by atoms with Crippen molar-refractivity contribution in [3.63, 3.8) is 0 Å². The number of tetrazole rings is 1. The molecule has 2 amide bonds. The lowest BCUT2D eigenvalue weighted by Gasteiger charge is -2.31. The van der Waals surface area contributed by atoms with Crippen molar-refractivity contribution in [1.29, 1.82) is 0 Å². The number of hydrogen-bond donors (Lipinski definition) is 1. The third-order valence-corrected chi connectivity index (χ3v) is 8.17. The van der Waals surface area contributed by atoms with Gasteiger partial charge in [-0.1, -0.05) is 44.0 Å². The quantitative estimate of drug-likeness (QED) is 0.340. The number of nitrogens with zero attached hydrogens (tertiary/aromatic N) is 5.